The number of rotatable bonds is 5. The zero-order valence-electron chi connectivity index (χ0n) is 21.1. The van der Waals surface area contributed by atoms with Gasteiger partial charge >= 0.3 is 0 Å². The van der Waals surface area contributed by atoms with Gasteiger partial charge in [-0.3, -0.25) is 5.41 Å². The van der Waals surface area contributed by atoms with Crippen molar-refractivity contribution in [2.24, 2.45) is 0 Å². The van der Waals surface area contributed by atoms with Crippen molar-refractivity contribution in [2.75, 3.05) is 31.6 Å². The van der Waals surface area contributed by atoms with Crippen LogP contribution in [0.25, 0.3) is 0 Å². The first-order valence-electron chi connectivity index (χ1n) is 12.7. The number of fused-ring (bicyclic) bond motifs is 1. The highest BCUT2D eigenvalue weighted by molar-refractivity contribution is 6.09. The maximum Gasteiger partial charge on any atom is 0.263 e. The van der Waals surface area contributed by atoms with Crippen molar-refractivity contribution in [3.8, 4) is 0 Å². The lowest BCUT2D eigenvalue weighted by Crippen LogP contribution is -2.41. The third-order valence-corrected chi connectivity index (χ3v) is 6.40. The van der Waals surface area contributed by atoms with Crippen molar-refractivity contribution in [3.63, 3.8) is 0 Å². The third kappa shape index (κ3) is 7.55. The van der Waals surface area contributed by atoms with Crippen LogP contribution in [0.3, 0.4) is 0 Å². The van der Waals surface area contributed by atoms with Crippen LogP contribution < -0.4 is 15.5 Å². The van der Waals surface area contributed by atoms with Gasteiger partial charge in [0.05, 0.1) is 12.4 Å². The van der Waals surface area contributed by atoms with Crippen molar-refractivity contribution in [1.29, 1.82) is 5.41 Å². The number of nitrogens with zero attached hydrogens (tertiary/aromatic N) is 1. The second-order valence-electron chi connectivity index (χ2n) is 8.49. The smallest absolute Gasteiger partial charge is 0.263 e. The molecule has 5 nitrogen and oxygen atoms in total. The summed E-state index contributed by atoms with van der Waals surface area (Å²) >= 11 is 0. The molecule has 0 saturated heterocycles. The summed E-state index contributed by atoms with van der Waals surface area (Å²) < 4.78 is 31.3. The molecule has 2 aliphatic heterocycles. The van der Waals surface area contributed by atoms with Crippen LogP contribution in [-0.4, -0.2) is 38.6 Å². The number of benzene rings is 1. The molecule has 0 aromatic heterocycles. The molecule has 34 heavy (non-hydrogen) atoms. The summed E-state index contributed by atoms with van der Waals surface area (Å²) in [5.74, 6) is 0.411. The molecule has 7 heteroatoms. The van der Waals surface area contributed by atoms with Crippen LogP contribution in [-0.2, 0) is 11.2 Å². The molecule has 190 valence electrons. The van der Waals surface area contributed by atoms with Gasteiger partial charge in [-0.1, -0.05) is 39.0 Å². The van der Waals surface area contributed by atoms with Crippen molar-refractivity contribution in [2.45, 2.75) is 77.7 Å². The number of hydrogen-bond acceptors (Lipinski definition) is 4. The number of anilines is 1. The van der Waals surface area contributed by atoms with E-state index in [1.807, 2.05) is 25.8 Å². The second-order valence-corrected chi connectivity index (χ2v) is 8.49. The van der Waals surface area contributed by atoms with Crippen molar-refractivity contribution in [1.82, 2.24) is 10.6 Å². The van der Waals surface area contributed by atoms with E-state index in [0.717, 1.165) is 48.3 Å². The van der Waals surface area contributed by atoms with E-state index >= 15 is 0 Å². The van der Waals surface area contributed by atoms with Crippen LogP contribution in [0.4, 0.5) is 14.5 Å². The summed E-state index contributed by atoms with van der Waals surface area (Å²) in [6.45, 7) is 9.75. The van der Waals surface area contributed by atoms with Crippen molar-refractivity contribution in [3.05, 3.63) is 53.4 Å². The SMILES string of the molecule is C=COC1CCCCC1.CC.CNC1=C(C(=N)N2CCCc3ccc(C(F)F)cc32)CNCC1. The lowest BCUT2D eigenvalue weighted by atomic mass is 9.97. The van der Waals surface area contributed by atoms with Crippen molar-refractivity contribution < 1.29 is 13.5 Å². The van der Waals surface area contributed by atoms with Gasteiger partial charge in [0.1, 0.15) is 5.84 Å². The predicted molar refractivity (Wildman–Crippen MR) is 138 cm³/mol. The fraction of sp³-hybridized carbons (Fsp3) is 0.593. The maximum atomic E-state index is 13.0. The minimum absolute atomic E-state index is 0.0213. The van der Waals surface area contributed by atoms with Gasteiger partial charge < -0.3 is 20.3 Å². The summed E-state index contributed by atoms with van der Waals surface area (Å²) in [5.41, 5.74) is 3.81. The highest BCUT2D eigenvalue weighted by Crippen LogP contribution is 2.33. The van der Waals surface area contributed by atoms with E-state index in [-0.39, 0.29) is 5.56 Å². The number of nitrogens with one attached hydrogen (secondary N) is 3. The lowest BCUT2D eigenvalue weighted by molar-refractivity contribution is 0.107. The molecule has 1 saturated carbocycles. The molecule has 1 aliphatic carbocycles. The first-order valence-corrected chi connectivity index (χ1v) is 12.7. The van der Waals surface area contributed by atoms with Crippen LogP contribution in [0.5, 0.6) is 0 Å². The molecule has 1 aromatic carbocycles. The Hall–Kier alpha value is -2.41. The van der Waals surface area contributed by atoms with Gasteiger partial charge in [-0.15, -0.1) is 0 Å². The zero-order chi connectivity index (χ0) is 24.9. The zero-order valence-corrected chi connectivity index (χ0v) is 21.1. The van der Waals surface area contributed by atoms with E-state index in [4.69, 9.17) is 10.1 Å². The molecule has 2 heterocycles. The Kier molecular flexibility index (Phi) is 12.1. The minimum atomic E-state index is -2.48. The van der Waals surface area contributed by atoms with E-state index in [9.17, 15) is 8.78 Å². The largest absolute Gasteiger partial charge is 0.499 e. The van der Waals surface area contributed by atoms with Crippen LogP contribution in [0.15, 0.2) is 42.3 Å². The highest BCUT2D eigenvalue weighted by Gasteiger charge is 2.26. The van der Waals surface area contributed by atoms with Crippen molar-refractivity contribution >= 4 is 11.5 Å². The van der Waals surface area contributed by atoms with Gasteiger partial charge in [-0.25, -0.2) is 8.78 Å². The molecule has 0 amide bonds. The van der Waals surface area contributed by atoms with E-state index < -0.39 is 6.43 Å². The van der Waals surface area contributed by atoms with Crippen LogP contribution in [0, 0.1) is 5.41 Å². The van der Waals surface area contributed by atoms with E-state index in [0.29, 0.717) is 25.0 Å². The Morgan fingerprint density at radius 3 is 2.59 bits per heavy atom. The molecule has 3 N–H and O–H groups in total. The summed E-state index contributed by atoms with van der Waals surface area (Å²) in [6, 6.07) is 4.82. The monoisotopic (exact) mass is 476 g/mol. The summed E-state index contributed by atoms with van der Waals surface area (Å²) in [7, 11) is 1.87. The highest BCUT2D eigenvalue weighted by atomic mass is 19.3. The second kappa shape index (κ2) is 14.8. The number of amidine groups is 1. The summed E-state index contributed by atoms with van der Waals surface area (Å²) in [4.78, 5) is 1.88. The van der Waals surface area contributed by atoms with Gasteiger partial charge in [-0.2, -0.15) is 0 Å². The summed E-state index contributed by atoms with van der Waals surface area (Å²) in [5, 5.41) is 15.1. The molecule has 0 radical (unpaired) electrons. The van der Waals surface area contributed by atoms with Gasteiger partial charge in [0.25, 0.3) is 6.43 Å². The molecule has 0 spiro atoms. The Morgan fingerprint density at radius 1 is 1.21 bits per heavy atom. The molecule has 0 atom stereocenters. The Balaban J connectivity index is 0.000000311. The molecule has 3 aliphatic rings. The first kappa shape index (κ1) is 27.8. The molecule has 1 aromatic rings. The normalized spacial score (nSPS) is 18.1. The average Bonchev–Trinajstić information content (AvgIpc) is 2.90. The fourth-order valence-electron chi connectivity index (χ4n) is 4.65. The van der Waals surface area contributed by atoms with E-state index in [2.05, 4.69) is 17.2 Å². The van der Waals surface area contributed by atoms with E-state index in [1.54, 1.807) is 18.4 Å². The van der Waals surface area contributed by atoms with Crippen LogP contribution in [0.1, 0.15) is 76.3 Å². The number of hydrogen-bond donors (Lipinski definition) is 3. The molecular weight excluding hydrogens is 434 g/mol. The molecule has 1 fully saturated rings. The number of alkyl halides is 2. The third-order valence-electron chi connectivity index (χ3n) is 6.40. The number of aryl methyl sites for hydroxylation is 1. The minimum Gasteiger partial charge on any atom is -0.499 e. The van der Waals surface area contributed by atoms with Gasteiger partial charge in [0.15, 0.2) is 0 Å². The molecule has 4 rings (SSSR count). The Bertz CT molecular complexity index is 819. The van der Waals surface area contributed by atoms with Gasteiger partial charge in [0.2, 0.25) is 0 Å². The van der Waals surface area contributed by atoms with Crippen LogP contribution in [0.2, 0.25) is 0 Å². The average molecular weight is 477 g/mol. The standard InChI is InChI=1S/C17H22F2N4.C8H14O.C2H6/c1-21-14-6-7-22-10-13(14)17(20)23-8-2-3-11-4-5-12(16(18)19)9-15(11)23;1-2-9-8-6-4-3-5-7-8;1-2/h4-5,9,16,20-22H,2-3,6-8,10H2,1H3;2,8H,1,3-7H2;1-2H3. The Labute approximate surface area is 204 Å². The van der Waals surface area contributed by atoms with E-state index in [1.165, 1.54) is 38.2 Å². The molecular formula is C27H42F2N4O. The Morgan fingerprint density at radius 2 is 1.94 bits per heavy atom. The number of halogens is 2. The summed E-state index contributed by atoms with van der Waals surface area (Å²) in [6.07, 6.45) is 8.73. The number of ether oxygens (including phenoxy) is 1. The predicted octanol–water partition coefficient (Wildman–Crippen LogP) is 6.33. The molecule has 0 bridgehead atoms. The maximum absolute atomic E-state index is 13.0. The quantitative estimate of drug-likeness (QED) is 0.264. The first-order chi connectivity index (χ1) is 16.5. The van der Waals surface area contributed by atoms with Crippen LogP contribution >= 0.6 is 0 Å². The lowest BCUT2D eigenvalue weighted by Gasteiger charge is -2.34. The van der Waals surface area contributed by atoms with Gasteiger partial charge in [0, 0.05) is 55.6 Å². The fourth-order valence-corrected chi connectivity index (χ4v) is 4.65. The topological polar surface area (TPSA) is 60.4 Å². The van der Waals surface area contributed by atoms with Gasteiger partial charge in [-0.05, 0) is 50.2 Å². The molecule has 0 unspecified atom stereocenters.